The van der Waals surface area contributed by atoms with Crippen LogP contribution in [0.4, 0.5) is 11.4 Å². The quantitative estimate of drug-likeness (QED) is 0.498. The molecule has 0 heterocycles. The molecule has 0 aromatic heterocycles. The van der Waals surface area contributed by atoms with Gasteiger partial charge in [-0.05, 0) is 62.7 Å². The van der Waals surface area contributed by atoms with E-state index in [1.54, 1.807) is 67.6 Å². The molecule has 0 atom stereocenters. The predicted octanol–water partition coefficient (Wildman–Crippen LogP) is 4.54. The second-order valence-electron chi connectivity index (χ2n) is 7.48. The van der Waals surface area contributed by atoms with Crippen molar-refractivity contribution in [3.63, 3.8) is 0 Å². The van der Waals surface area contributed by atoms with Gasteiger partial charge in [0.05, 0.1) is 25.1 Å². The highest BCUT2D eigenvalue weighted by molar-refractivity contribution is 7.93. The SMILES string of the molecule is CCOc1ccccc1NC(=O)CN(c1ccc(C)cc1)S(=O)(=O)c1cc(C)ccc1OC. The van der Waals surface area contributed by atoms with Gasteiger partial charge in [-0.25, -0.2) is 8.42 Å². The molecule has 0 aliphatic heterocycles. The summed E-state index contributed by atoms with van der Waals surface area (Å²) in [6, 6.07) is 18.9. The molecular formula is C25H28N2O5S. The Morgan fingerprint density at radius 3 is 2.27 bits per heavy atom. The summed E-state index contributed by atoms with van der Waals surface area (Å²) in [6.45, 7) is 5.56. The number of methoxy groups -OCH3 is 1. The molecule has 3 aromatic carbocycles. The maximum absolute atomic E-state index is 13.7. The normalized spacial score (nSPS) is 11.0. The molecule has 8 heteroatoms. The molecule has 0 aliphatic carbocycles. The van der Waals surface area contributed by atoms with E-state index in [1.807, 2.05) is 13.8 Å². The fourth-order valence-electron chi connectivity index (χ4n) is 3.30. The number of nitrogens with one attached hydrogen (secondary N) is 1. The maximum atomic E-state index is 13.7. The second kappa shape index (κ2) is 10.4. The van der Waals surface area contributed by atoms with Crippen molar-refractivity contribution in [3.05, 3.63) is 77.9 Å². The van der Waals surface area contributed by atoms with Crippen molar-refractivity contribution in [2.24, 2.45) is 0 Å². The Bertz CT molecular complexity index is 1220. The van der Waals surface area contributed by atoms with E-state index in [1.165, 1.54) is 13.2 Å². The van der Waals surface area contributed by atoms with Crippen molar-refractivity contribution in [1.29, 1.82) is 0 Å². The van der Waals surface area contributed by atoms with Crippen molar-refractivity contribution < 1.29 is 22.7 Å². The fraction of sp³-hybridized carbons (Fsp3) is 0.240. The number of sulfonamides is 1. The Kier molecular flexibility index (Phi) is 7.60. The first-order valence-corrected chi connectivity index (χ1v) is 12.0. The summed E-state index contributed by atoms with van der Waals surface area (Å²) in [4.78, 5) is 13.0. The number of amides is 1. The van der Waals surface area contributed by atoms with E-state index in [4.69, 9.17) is 9.47 Å². The van der Waals surface area contributed by atoms with Crippen LogP contribution in [0.3, 0.4) is 0 Å². The predicted molar refractivity (Wildman–Crippen MR) is 130 cm³/mol. The van der Waals surface area contributed by atoms with Crippen molar-refractivity contribution in [2.45, 2.75) is 25.7 Å². The summed E-state index contributed by atoms with van der Waals surface area (Å²) in [5.74, 6) is 0.219. The molecule has 0 fully saturated rings. The van der Waals surface area contributed by atoms with Crippen LogP contribution in [-0.2, 0) is 14.8 Å². The van der Waals surface area contributed by atoms with Crippen LogP contribution in [-0.4, -0.2) is 34.6 Å². The first kappa shape index (κ1) is 24.1. The van der Waals surface area contributed by atoms with Crippen molar-refractivity contribution in [3.8, 4) is 11.5 Å². The summed E-state index contributed by atoms with van der Waals surface area (Å²) in [5.41, 5.74) is 2.57. The highest BCUT2D eigenvalue weighted by Gasteiger charge is 2.30. The summed E-state index contributed by atoms with van der Waals surface area (Å²) in [6.07, 6.45) is 0. The molecule has 3 aromatic rings. The molecule has 0 radical (unpaired) electrons. The molecule has 0 spiro atoms. The number of benzene rings is 3. The summed E-state index contributed by atoms with van der Waals surface area (Å²) in [7, 11) is -2.71. The molecule has 0 unspecified atom stereocenters. The number of ether oxygens (including phenoxy) is 2. The van der Waals surface area contributed by atoms with E-state index < -0.39 is 22.5 Å². The number of nitrogens with zero attached hydrogens (tertiary/aromatic N) is 1. The minimum atomic E-state index is -4.12. The molecule has 3 rings (SSSR count). The molecule has 0 aliphatic rings. The zero-order valence-corrected chi connectivity index (χ0v) is 20.0. The lowest BCUT2D eigenvalue weighted by Crippen LogP contribution is -2.38. The number of carbonyl (C=O) groups is 1. The van der Waals surface area contributed by atoms with Crippen LogP contribution in [0.5, 0.6) is 11.5 Å². The van der Waals surface area contributed by atoms with Crippen LogP contribution >= 0.6 is 0 Å². The van der Waals surface area contributed by atoms with E-state index in [0.717, 1.165) is 15.4 Å². The number of carbonyl (C=O) groups excluding carboxylic acids is 1. The number of anilines is 2. The zero-order chi connectivity index (χ0) is 24.0. The molecule has 1 N–H and O–H groups in total. The molecule has 0 bridgehead atoms. The monoisotopic (exact) mass is 468 g/mol. The van der Waals surface area contributed by atoms with Gasteiger partial charge in [0.2, 0.25) is 5.91 Å². The van der Waals surface area contributed by atoms with Crippen LogP contribution in [0.2, 0.25) is 0 Å². The Morgan fingerprint density at radius 2 is 1.61 bits per heavy atom. The molecule has 174 valence electrons. The van der Waals surface area contributed by atoms with E-state index in [2.05, 4.69) is 5.32 Å². The minimum absolute atomic E-state index is 0.00640. The van der Waals surface area contributed by atoms with Gasteiger partial charge >= 0.3 is 0 Å². The van der Waals surface area contributed by atoms with E-state index in [0.29, 0.717) is 23.7 Å². The van der Waals surface area contributed by atoms with Crippen LogP contribution in [0.25, 0.3) is 0 Å². The Balaban J connectivity index is 2.00. The molecule has 1 amide bonds. The van der Waals surface area contributed by atoms with Crippen LogP contribution in [0, 0.1) is 13.8 Å². The molecule has 0 saturated heterocycles. The van der Waals surface area contributed by atoms with Crippen molar-refractivity contribution >= 4 is 27.3 Å². The number of hydrogen-bond acceptors (Lipinski definition) is 5. The average Bonchev–Trinajstić information content (AvgIpc) is 2.79. The topological polar surface area (TPSA) is 84.9 Å². The first-order valence-electron chi connectivity index (χ1n) is 10.5. The standard InChI is InChI=1S/C25H28N2O5S/c1-5-32-22-9-7-6-8-21(22)26-25(28)17-27(20-13-10-18(2)11-14-20)33(29,30)24-16-19(3)12-15-23(24)31-4/h6-16H,5,17H2,1-4H3,(H,26,28). The smallest absolute Gasteiger partial charge is 0.268 e. The number of hydrogen-bond donors (Lipinski definition) is 1. The molecule has 33 heavy (non-hydrogen) atoms. The summed E-state index contributed by atoms with van der Waals surface area (Å²) >= 11 is 0. The third-order valence-corrected chi connectivity index (χ3v) is 6.75. The first-order chi connectivity index (χ1) is 15.8. The molecule has 0 saturated carbocycles. The largest absolute Gasteiger partial charge is 0.495 e. The highest BCUT2D eigenvalue weighted by atomic mass is 32.2. The molecule has 7 nitrogen and oxygen atoms in total. The van der Waals surface area contributed by atoms with Gasteiger partial charge in [0, 0.05) is 0 Å². The van der Waals surface area contributed by atoms with Gasteiger partial charge in [-0.1, -0.05) is 35.9 Å². The van der Waals surface area contributed by atoms with Gasteiger partial charge in [0.15, 0.2) is 0 Å². The van der Waals surface area contributed by atoms with Gasteiger partial charge in [0.25, 0.3) is 10.0 Å². The van der Waals surface area contributed by atoms with Crippen LogP contribution < -0.4 is 19.1 Å². The van der Waals surface area contributed by atoms with Crippen molar-refractivity contribution in [2.75, 3.05) is 29.9 Å². The number of rotatable bonds is 9. The van der Waals surface area contributed by atoms with E-state index in [-0.39, 0.29) is 10.6 Å². The number of aryl methyl sites for hydroxylation is 2. The zero-order valence-electron chi connectivity index (χ0n) is 19.2. The Labute approximate surface area is 195 Å². The van der Waals surface area contributed by atoms with Gasteiger partial charge in [-0.2, -0.15) is 0 Å². The Morgan fingerprint density at radius 1 is 0.939 bits per heavy atom. The Hall–Kier alpha value is -3.52. The average molecular weight is 469 g/mol. The lowest BCUT2D eigenvalue weighted by Gasteiger charge is -2.25. The lowest BCUT2D eigenvalue weighted by atomic mass is 10.2. The number of para-hydroxylation sites is 2. The maximum Gasteiger partial charge on any atom is 0.268 e. The van der Waals surface area contributed by atoms with Gasteiger partial charge in [-0.15, -0.1) is 0 Å². The molecular weight excluding hydrogens is 440 g/mol. The third kappa shape index (κ3) is 5.64. The minimum Gasteiger partial charge on any atom is -0.495 e. The highest BCUT2D eigenvalue weighted by Crippen LogP contribution is 2.31. The van der Waals surface area contributed by atoms with Crippen LogP contribution in [0.15, 0.2) is 71.6 Å². The van der Waals surface area contributed by atoms with Crippen LogP contribution in [0.1, 0.15) is 18.1 Å². The fourth-order valence-corrected chi connectivity index (χ4v) is 4.97. The van der Waals surface area contributed by atoms with Gasteiger partial charge < -0.3 is 14.8 Å². The van der Waals surface area contributed by atoms with Gasteiger partial charge in [0.1, 0.15) is 22.9 Å². The summed E-state index contributed by atoms with van der Waals surface area (Å²) < 4.78 is 39.5. The van der Waals surface area contributed by atoms with Gasteiger partial charge in [-0.3, -0.25) is 9.10 Å². The lowest BCUT2D eigenvalue weighted by molar-refractivity contribution is -0.114. The second-order valence-corrected chi connectivity index (χ2v) is 9.31. The third-order valence-electron chi connectivity index (χ3n) is 4.96. The van der Waals surface area contributed by atoms with Crippen molar-refractivity contribution in [1.82, 2.24) is 0 Å². The van der Waals surface area contributed by atoms with E-state index in [9.17, 15) is 13.2 Å². The summed E-state index contributed by atoms with van der Waals surface area (Å²) in [5, 5.41) is 2.77. The van der Waals surface area contributed by atoms with E-state index >= 15 is 0 Å².